The Morgan fingerprint density at radius 3 is 2.58 bits per heavy atom. The van der Waals surface area contributed by atoms with Crippen LogP contribution in [-0.4, -0.2) is 0 Å². The number of nitrogens with zero attached hydrogens (tertiary/aromatic N) is 1. The zero-order valence-corrected chi connectivity index (χ0v) is 10.4. The van der Waals surface area contributed by atoms with Crippen molar-refractivity contribution in [2.24, 2.45) is 0 Å². The summed E-state index contributed by atoms with van der Waals surface area (Å²) in [4.78, 5) is 0. The molecule has 0 aliphatic rings. The number of aryl methyl sites for hydroxylation is 1. The minimum Gasteiger partial charge on any atom is -0.381 e. The average molecular weight is 258 g/mol. The van der Waals surface area contributed by atoms with E-state index in [-0.39, 0.29) is 12.4 Å². The predicted molar refractivity (Wildman–Crippen MR) is 69.6 cm³/mol. The van der Waals surface area contributed by atoms with Crippen LogP contribution in [-0.2, 0) is 6.54 Å². The third kappa shape index (κ3) is 3.08. The first-order chi connectivity index (χ1) is 9.10. The SMILES string of the molecule is Cc1cc(F)ccc1NCc1ccc(C#N)cc1F. The van der Waals surface area contributed by atoms with Crippen molar-refractivity contribution in [2.75, 3.05) is 5.32 Å². The van der Waals surface area contributed by atoms with Crippen molar-refractivity contribution in [3.8, 4) is 6.07 Å². The third-order valence-corrected chi connectivity index (χ3v) is 2.84. The van der Waals surface area contributed by atoms with Crippen LogP contribution in [0, 0.1) is 29.9 Å². The molecule has 0 amide bonds. The van der Waals surface area contributed by atoms with Crippen LogP contribution in [0.2, 0.25) is 0 Å². The predicted octanol–water partition coefficient (Wildman–Crippen LogP) is 3.76. The van der Waals surface area contributed by atoms with Crippen LogP contribution in [0.15, 0.2) is 36.4 Å². The molecular formula is C15H12F2N2. The number of nitriles is 1. The molecule has 0 spiro atoms. The van der Waals surface area contributed by atoms with Crippen molar-refractivity contribution in [1.82, 2.24) is 0 Å². The highest BCUT2D eigenvalue weighted by molar-refractivity contribution is 5.51. The maximum atomic E-state index is 13.7. The summed E-state index contributed by atoms with van der Waals surface area (Å²) in [5, 5.41) is 11.7. The fourth-order valence-corrected chi connectivity index (χ4v) is 1.78. The normalized spacial score (nSPS) is 10.0. The molecule has 0 radical (unpaired) electrons. The minimum absolute atomic E-state index is 0.282. The molecule has 1 N–H and O–H groups in total. The second kappa shape index (κ2) is 5.49. The van der Waals surface area contributed by atoms with E-state index < -0.39 is 5.82 Å². The van der Waals surface area contributed by atoms with E-state index in [0.717, 1.165) is 11.3 Å². The standard InChI is InChI=1S/C15H12F2N2/c1-10-6-13(16)4-5-15(10)19-9-12-3-2-11(8-18)7-14(12)17/h2-7,19H,9H2,1H3. The lowest BCUT2D eigenvalue weighted by atomic mass is 10.1. The molecule has 0 aliphatic heterocycles. The molecule has 0 unspecified atom stereocenters. The summed E-state index contributed by atoms with van der Waals surface area (Å²) < 4.78 is 26.6. The van der Waals surface area contributed by atoms with Gasteiger partial charge in [-0.05, 0) is 42.8 Å². The summed E-state index contributed by atoms with van der Waals surface area (Å²) in [6.07, 6.45) is 0. The number of hydrogen-bond donors (Lipinski definition) is 1. The van der Waals surface area contributed by atoms with Crippen LogP contribution in [0.25, 0.3) is 0 Å². The maximum Gasteiger partial charge on any atom is 0.129 e. The van der Waals surface area contributed by atoms with Gasteiger partial charge in [-0.3, -0.25) is 0 Å². The van der Waals surface area contributed by atoms with E-state index in [2.05, 4.69) is 5.32 Å². The summed E-state index contributed by atoms with van der Waals surface area (Å²) >= 11 is 0. The summed E-state index contributed by atoms with van der Waals surface area (Å²) in [5.41, 5.74) is 2.26. The quantitative estimate of drug-likeness (QED) is 0.909. The largest absolute Gasteiger partial charge is 0.381 e. The first kappa shape index (κ1) is 13.0. The van der Waals surface area contributed by atoms with Crippen molar-refractivity contribution in [1.29, 1.82) is 5.26 Å². The van der Waals surface area contributed by atoms with E-state index in [1.54, 1.807) is 25.1 Å². The number of hydrogen-bond acceptors (Lipinski definition) is 2. The van der Waals surface area contributed by atoms with Gasteiger partial charge < -0.3 is 5.32 Å². The lowest BCUT2D eigenvalue weighted by Gasteiger charge is -2.10. The molecule has 2 aromatic rings. The molecule has 96 valence electrons. The van der Waals surface area contributed by atoms with Crippen LogP contribution in [0.5, 0.6) is 0 Å². The monoisotopic (exact) mass is 258 g/mol. The van der Waals surface area contributed by atoms with Crippen LogP contribution in [0.4, 0.5) is 14.5 Å². The number of nitrogens with one attached hydrogen (secondary N) is 1. The number of rotatable bonds is 3. The number of benzene rings is 2. The molecule has 4 heteroatoms. The molecule has 19 heavy (non-hydrogen) atoms. The van der Waals surface area contributed by atoms with Crippen LogP contribution in [0.3, 0.4) is 0 Å². The summed E-state index contributed by atoms with van der Waals surface area (Å²) in [5.74, 6) is -0.723. The Balaban J connectivity index is 2.13. The van der Waals surface area contributed by atoms with Crippen LogP contribution >= 0.6 is 0 Å². The number of halogens is 2. The van der Waals surface area contributed by atoms with Crippen molar-refractivity contribution in [3.05, 3.63) is 64.7 Å². The Morgan fingerprint density at radius 2 is 1.95 bits per heavy atom. The highest BCUT2D eigenvalue weighted by atomic mass is 19.1. The van der Waals surface area contributed by atoms with Crippen molar-refractivity contribution in [2.45, 2.75) is 13.5 Å². The zero-order valence-electron chi connectivity index (χ0n) is 10.4. The Bertz CT molecular complexity index is 645. The van der Waals surface area contributed by atoms with E-state index >= 15 is 0 Å². The second-order valence-electron chi connectivity index (χ2n) is 4.23. The third-order valence-electron chi connectivity index (χ3n) is 2.84. The molecular weight excluding hydrogens is 246 g/mol. The molecule has 0 fully saturated rings. The summed E-state index contributed by atoms with van der Waals surface area (Å²) in [6, 6.07) is 10.6. The molecule has 0 aliphatic carbocycles. The molecule has 2 nitrogen and oxygen atoms in total. The summed E-state index contributed by atoms with van der Waals surface area (Å²) in [7, 11) is 0. The van der Waals surface area contributed by atoms with Crippen molar-refractivity contribution < 1.29 is 8.78 Å². The Morgan fingerprint density at radius 1 is 1.16 bits per heavy atom. The molecule has 0 aromatic heterocycles. The second-order valence-corrected chi connectivity index (χ2v) is 4.23. The van der Waals surface area contributed by atoms with Gasteiger partial charge in [0.1, 0.15) is 11.6 Å². The molecule has 0 saturated heterocycles. The van der Waals surface area contributed by atoms with Gasteiger partial charge in [0.05, 0.1) is 11.6 Å². The van der Waals surface area contributed by atoms with Gasteiger partial charge in [0.2, 0.25) is 0 Å². The lowest BCUT2D eigenvalue weighted by molar-refractivity contribution is 0.612. The van der Waals surface area contributed by atoms with Gasteiger partial charge in [-0.25, -0.2) is 8.78 Å². The smallest absolute Gasteiger partial charge is 0.129 e. The molecule has 2 aromatic carbocycles. The first-order valence-corrected chi connectivity index (χ1v) is 5.78. The highest BCUT2D eigenvalue weighted by Gasteiger charge is 2.05. The van der Waals surface area contributed by atoms with Gasteiger partial charge in [0.25, 0.3) is 0 Å². The Labute approximate surface area is 110 Å². The van der Waals surface area contributed by atoms with E-state index in [0.29, 0.717) is 11.1 Å². The fraction of sp³-hybridized carbons (Fsp3) is 0.133. The van der Waals surface area contributed by atoms with E-state index in [1.807, 2.05) is 6.07 Å². The van der Waals surface area contributed by atoms with Gasteiger partial charge in [-0.15, -0.1) is 0 Å². The lowest BCUT2D eigenvalue weighted by Crippen LogP contribution is -2.03. The van der Waals surface area contributed by atoms with Gasteiger partial charge >= 0.3 is 0 Å². The number of anilines is 1. The highest BCUT2D eigenvalue weighted by Crippen LogP contribution is 2.18. The summed E-state index contributed by atoms with van der Waals surface area (Å²) in [6.45, 7) is 2.06. The van der Waals surface area contributed by atoms with Gasteiger partial charge in [0, 0.05) is 17.8 Å². The molecule has 0 bridgehead atoms. The van der Waals surface area contributed by atoms with E-state index in [4.69, 9.17) is 5.26 Å². The van der Waals surface area contributed by atoms with Crippen molar-refractivity contribution in [3.63, 3.8) is 0 Å². The van der Waals surface area contributed by atoms with Crippen LogP contribution < -0.4 is 5.32 Å². The van der Waals surface area contributed by atoms with E-state index in [9.17, 15) is 8.78 Å². The topological polar surface area (TPSA) is 35.8 Å². The van der Waals surface area contributed by atoms with Gasteiger partial charge in [0.15, 0.2) is 0 Å². The molecule has 0 atom stereocenters. The molecule has 0 heterocycles. The maximum absolute atomic E-state index is 13.7. The Kier molecular flexibility index (Phi) is 3.76. The molecule has 2 rings (SSSR count). The minimum atomic E-state index is -0.425. The fourth-order valence-electron chi connectivity index (χ4n) is 1.78. The van der Waals surface area contributed by atoms with Gasteiger partial charge in [-0.2, -0.15) is 5.26 Å². The average Bonchev–Trinajstić information content (AvgIpc) is 2.39. The van der Waals surface area contributed by atoms with Gasteiger partial charge in [-0.1, -0.05) is 6.07 Å². The van der Waals surface area contributed by atoms with Crippen LogP contribution in [0.1, 0.15) is 16.7 Å². The Hall–Kier alpha value is -2.41. The van der Waals surface area contributed by atoms with Crippen molar-refractivity contribution >= 4 is 5.69 Å². The van der Waals surface area contributed by atoms with E-state index in [1.165, 1.54) is 18.2 Å². The molecule has 0 saturated carbocycles. The zero-order chi connectivity index (χ0) is 13.8. The first-order valence-electron chi connectivity index (χ1n) is 5.78.